The van der Waals surface area contributed by atoms with Crippen molar-refractivity contribution in [3.63, 3.8) is 0 Å². The van der Waals surface area contributed by atoms with E-state index >= 15 is 0 Å². The number of anilines is 2. The maximum absolute atomic E-state index is 13.3. The Labute approximate surface area is 317 Å². The molecule has 0 bridgehead atoms. The number of nitrogens with zero attached hydrogens (tertiary/aromatic N) is 3. The van der Waals surface area contributed by atoms with Crippen LogP contribution in [0.2, 0.25) is 0 Å². The van der Waals surface area contributed by atoms with Gasteiger partial charge in [0.25, 0.3) is 0 Å². The van der Waals surface area contributed by atoms with Crippen LogP contribution in [0.4, 0.5) is 20.2 Å². The second-order valence-electron chi connectivity index (χ2n) is 14.1. The number of carbonyl (C=O) groups is 4. The lowest BCUT2D eigenvalue weighted by Gasteiger charge is -2.24. The summed E-state index contributed by atoms with van der Waals surface area (Å²) in [6, 6.07) is 25.8. The second kappa shape index (κ2) is 16.9. The molecule has 2 N–H and O–H groups in total. The van der Waals surface area contributed by atoms with Gasteiger partial charge in [0.15, 0.2) is 5.76 Å². The van der Waals surface area contributed by atoms with Gasteiger partial charge in [-0.3, -0.25) is 19.2 Å². The molecule has 4 aromatic carbocycles. The van der Waals surface area contributed by atoms with Gasteiger partial charge in [-0.2, -0.15) is 0 Å². The number of hydrogen-bond acceptors (Lipinski definition) is 6. The van der Waals surface area contributed by atoms with Gasteiger partial charge in [0, 0.05) is 60.5 Å². The summed E-state index contributed by atoms with van der Waals surface area (Å²) in [4.78, 5) is 59.7. The van der Waals surface area contributed by atoms with Crippen molar-refractivity contribution in [2.75, 3.05) is 23.7 Å². The number of amides is 4. The number of likely N-dealkylation sites (tertiary alicyclic amines) is 2. The fraction of sp³-hybridized carbons (Fsp3) is 0.279. The average Bonchev–Trinajstić information content (AvgIpc) is 3.96. The topological polar surface area (TPSA) is 125 Å². The molecule has 2 atom stereocenters. The van der Waals surface area contributed by atoms with Crippen LogP contribution in [0.15, 0.2) is 108 Å². The molecule has 12 heteroatoms. The summed E-state index contributed by atoms with van der Waals surface area (Å²) >= 11 is 0. The highest BCUT2D eigenvalue weighted by atomic mass is 19.1. The molecule has 2 saturated heterocycles. The first-order valence-corrected chi connectivity index (χ1v) is 18.5. The number of benzene rings is 4. The molecule has 1 aromatic heterocycles. The van der Waals surface area contributed by atoms with Crippen LogP contribution in [-0.2, 0) is 32.0 Å². The standard InChI is InChI=1S/C43H41F2N5O5/c44-32-13-5-28(6-14-32)23-41(53)49-21-1-3-36(49)25-39(51)47-34-17-9-30(10-18-34)38-27-46-43(55-38)31-11-19-35(20-12-31)48-40(52)26-37-4-2-22-50(37)42(54)24-29-7-15-33(45)16-8-29/h5-20,27,36-37H,1-4,21-26H2,(H,47,51)(H,48,52)/t36-,37-/m0/s1. The minimum atomic E-state index is -0.348. The first-order chi connectivity index (χ1) is 26.7. The van der Waals surface area contributed by atoms with E-state index in [1.165, 1.54) is 24.3 Å². The molecule has 5 aromatic rings. The summed E-state index contributed by atoms with van der Waals surface area (Å²) in [6.45, 7) is 1.19. The van der Waals surface area contributed by atoms with Gasteiger partial charge in [-0.15, -0.1) is 0 Å². The van der Waals surface area contributed by atoms with E-state index in [9.17, 15) is 28.0 Å². The van der Waals surface area contributed by atoms with Gasteiger partial charge in [-0.25, -0.2) is 13.8 Å². The third-order valence-corrected chi connectivity index (χ3v) is 10.1. The maximum Gasteiger partial charge on any atom is 0.227 e. The predicted molar refractivity (Wildman–Crippen MR) is 204 cm³/mol. The van der Waals surface area contributed by atoms with Crippen LogP contribution in [0.25, 0.3) is 22.8 Å². The molecule has 0 aliphatic carbocycles. The Morgan fingerprint density at radius 2 is 1.05 bits per heavy atom. The van der Waals surface area contributed by atoms with Gasteiger partial charge in [-0.05, 0) is 110 Å². The van der Waals surface area contributed by atoms with Crippen molar-refractivity contribution in [3.8, 4) is 22.8 Å². The zero-order valence-corrected chi connectivity index (χ0v) is 30.2. The molecule has 55 heavy (non-hydrogen) atoms. The molecule has 0 radical (unpaired) electrons. The lowest BCUT2D eigenvalue weighted by atomic mass is 10.1. The highest BCUT2D eigenvalue weighted by molar-refractivity contribution is 5.93. The van der Waals surface area contributed by atoms with Crippen molar-refractivity contribution in [2.24, 2.45) is 0 Å². The van der Waals surface area contributed by atoms with Gasteiger partial charge >= 0.3 is 0 Å². The van der Waals surface area contributed by atoms with Gasteiger partial charge < -0.3 is 24.9 Å². The Hall–Kier alpha value is -6.17. The van der Waals surface area contributed by atoms with Crippen molar-refractivity contribution in [3.05, 3.63) is 126 Å². The fourth-order valence-corrected chi connectivity index (χ4v) is 7.32. The Balaban J connectivity index is 0.880. The van der Waals surface area contributed by atoms with Crippen LogP contribution < -0.4 is 10.6 Å². The van der Waals surface area contributed by atoms with Crippen LogP contribution in [-0.4, -0.2) is 63.6 Å². The van der Waals surface area contributed by atoms with E-state index in [0.717, 1.165) is 47.9 Å². The lowest BCUT2D eigenvalue weighted by molar-refractivity contribution is -0.133. The minimum absolute atomic E-state index is 0.0704. The summed E-state index contributed by atoms with van der Waals surface area (Å²) in [7, 11) is 0. The summed E-state index contributed by atoms with van der Waals surface area (Å²) in [5.41, 5.74) is 4.19. The zero-order chi connectivity index (χ0) is 38.3. The Morgan fingerprint density at radius 3 is 1.51 bits per heavy atom. The third-order valence-electron chi connectivity index (χ3n) is 10.1. The maximum atomic E-state index is 13.3. The van der Waals surface area contributed by atoms with E-state index in [2.05, 4.69) is 15.6 Å². The quantitative estimate of drug-likeness (QED) is 0.137. The molecular weight excluding hydrogens is 704 g/mol. The Morgan fingerprint density at radius 1 is 0.618 bits per heavy atom. The molecule has 0 saturated carbocycles. The third kappa shape index (κ3) is 9.50. The highest BCUT2D eigenvalue weighted by Gasteiger charge is 2.31. The molecule has 10 nitrogen and oxygen atoms in total. The number of oxazole rings is 1. The van der Waals surface area contributed by atoms with E-state index in [1.807, 2.05) is 12.1 Å². The number of rotatable bonds is 12. The monoisotopic (exact) mass is 745 g/mol. The Bertz CT molecular complexity index is 1980. The molecule has 0 spiro atoms. The highest BCUT2D eigenvalue weighted by Crippen LogP contribution is 2.29. The summed E-state index contributed by atoms with van der Waals surface area (Å²) < 4.78 is 32.6. The zero-order valence-electron chi connectivity index (χ0n) is 30.2. The van der Waals surface area contributed by atoms with E-state index in [0.29, 0.717) is 36.1 Å². The molecule has 4 amide bonds. The van der Waals surface area contributed by atoms with Gasteiger partial charge in [0.1, 0.15) is 11.6 Å². The van der Waals surface area contributed by atoms with Gasteiger partial charge in [0.05, 0.1) is 19.0 Å². The Kier molecular flexibility index (Phi) is 11.4. The fourth-order valence-electron chi connectivity index (χ4n) is 7.32. The van der Waals surface area contributed by atoms with Crippen molar-refractivity contribution < 1.29 is 32.4 Å². The van der Waals surface area contributed by atoms with Crippen LogP contribution >= 0.6 is 0 Å². The average molecular weight is 746 g/mol. The van der Waals surface area contributed by atoms with Gasteiger partial charge in [-0.1, -0.05) is 24.3 Å². The molecule has 2 aliphatic heterocycles. The molecule has 2 fully saturated rings. The molecule has 3 heterocycles. The number of aromatic nitrogens is 1. The van der Waals surface area contributed by atoms with Crippen LogP contribution in [0, 0.1) is 11.6 Å². The second-order valence-corrected chi connectivity index (χ2v) is 14.1. The SMILES string of the molecule is O=C(C[C@@H]1CCCN1C(=O)Cc1ccc(F)cc1)Nc1ccc(-c2cnc(-c3ccc(NC(=O)C[C@@H]4CCCN4C(=O)Cc4ccc(F)cc4)cc3)o2)cc1. The van der Waals surface area contributed by atoms with Crippen molar-refractivity contribution >= 4 is 35.0 Å². The van der Waals surface area contributed by atoms with Crippen molar-refractivity contribution in [2.45, 2.75) is 63.5 Å². The molecule has 7 rings (SSSR count). The molecule has 282 valence electrons. The number of nitrogens with one attached hydrogen (secondary N) is 2. The van der Waals surface area contributed by atoms with Crippen molar-refractivity contribution in [1.82, 2.24) is 14.8 Å². The van der Waals surface area contributed by atoms with E-state index in [1.54, 1.807) is 76.7 Å². The summed E-state index contributed by atoms with van der Waals surface area (Å²) in [5.74, 6) is -0.264. The van der Waals surface area contributed by atoms with E-state index in [4.69, 9.17) is 4.42 Å². The first kappa shape index (κ1) is 37.2. The number of halogens is 2. The number of carbonyl (C=O) groups excluding carboxylic acids is 4. The van der Waals surface area contributed by atoms with Crippen LogP contribution in [0.5, 0.6) is 0 Å². The van der Waals surface area contributed by atoms with E-state index < -0.39 is 0 Å². The molecule has 0 unspecified atom stereocenters. The molecule has 2 aliphatic rings. The van der Waals surface area contributed by atoms with E-state index in [-0.39, 0.29) is 73.0 Å². The summed E-state index contributed by atoms with van der Waals surface area (Å²) in [6.07, 6.45) is 5.47. The first-order valence-electron chi connectivity index (χ1n) is 18.5. The van der Waals surface area contributed by atoms with Crippen molar-refractivity contribution in [1.29, 1.82) is 0 Å². The molecular formula is C43H41F2N5O5. The predicted octanol–water partition coefficient (Wildman–Crippen LogP) is 7.41. The normalized spacial score (nSPS) is 16.6. The van der Waals surface area contributed by atoms with Crippen LogP contribution in [0.1, 0.15) is 49.7 Å². The van der Waals surface area contributed by atoms with Gasteiger partial charge in [0.2, 0.25) is 29.5 Å². The lowest BCUT2D eigenvalue weighted by Crippen LogP contribution is -2.38. The smallest absolute Gasteiger partial charge is 0.227 e. The largest absolute Gasteiger partial charge is 0.436 e. The summed E-state index contributed by atoms with van der Waals surface area (Å²) in [5, 5.41) is 5.85. The minimum Gasteiger partial charge on any atom is -0.436 e. The number of hydrogen-bond donors (Lipinski definition) is 2. The van der Waals surface area contributed by atoms with Crippen LogP contribution in [0.3, 0.4) is 0 Å².